The second kappa shape index (κ2) is 34.3. The Morgan fingerprint density at radius 2 is 0.659 bits per heavy atom. The summed E-state index contributed by atoms with van der Waals surface area (Å²) >= 11 is 0. The average Bonchev–Trinajstić information content (AvgIpc) is 2.95. The highest BCUT2D eigenvalue weighted by molar-refractivity contribution is 9.46. The Morgan fingerprint density at radius 1 is 0.415 bits per heavy atom. The molecule has 244 valence electrons. The van der Waals surface area contributed by atoms with E-state index in [0.29, 0.717) is 0 Å². The van der Waals surface area contributed by atoms with Gasteiger partial charge in [0.2, 0.25) is 11.8 Å². The van der Waals surface area contributed by atoms with Crippen LogP contribution in [0, 0.1) is 0 Å². The summed E-state index contributed by atoms with van der Waals surface area (Å²) in [4.78, 5) is 23.7. The van der Waals surface area contributed by atoms with E-state index < -0.39 is 0 Å². The highest BCUT2D eigenvalue weighted by Gasteiger charge is 2.18. The number of nitrogens with two attached hydrogens (primary N) is 2. The quantitative estimate of drug-likeness (QED) is 0.0502. The van der Waals surface area contributed by atoms with E-state index >= 15 is 0 Å². The summed E-state index contributed by atoms with van der Waals surface area (Å²) in [6, 6.07) is 0. The summed E-state index contributed by atoms with van der Waals surface area (Å²) < 4.78 is 0. The molecule has 0 aromatic rings. The standard InChI is InChI=1S/C30H60N2O2S7/c1-3-5-7-9-11-13-15-17-19-21-23-25-27(29(31)33)35-37-39-41-40-38-36-28(30(32)34)26-24-22-20-18-16-14-12-10-8-6-4-2/h27-28H,3-26H2,1-2H3,(H2,31,33)(H2,32,34). The third-order valence-electron chi connectivity index (χ3n) is 7.20. The first-order valence-electron chi connectivity index (χ1n) is 16.3. The van der Waals surface area contributed by atoms with Crippen molar-refractivity contribution in [2.24, 2.45) is 11.5 Å². The van der Waals surface area contributed by atoms with Crippen LogP contribution in [0.5, 0.6) is 0 Å². The first-order chi connectivity index (χ1) is 20.0. The van der Waals surface area contributed by atoms with Gasteiger partial charge in [0.05, 0.1) is 10.5 Å². The molecule has 0 saturated carbocycles. The van der Waals surface area contributed by atoms with Crippen LogP contribution < -0.4 is 11.5 Å². The van der Waals surface area contributed by atoms with Gasteiger partial charge >= 0.3 is 0 Å². The smallest absolute Gasteiger partial charge is 0.231 e. The van der Waals surface area contributed by atoms with Crippen LogP contribution in [0.3, 0.4) is 0 Å². The van der Waals surface area contributed by atoms with Crippen molar-refractivity contribution < 1.29 is 9.59 Å². The Balaban J connectivity index is 3.70. The minimum atomic E-state index is -0.204. The van der Waals surface area contributed by atoms with E-state index in [1.807, 2.05) is 0 Å². The van der Waals surface area contributed by atoms with Gasteiger partial charge < -0.3 is 11.5 Å². The molecule has 2 atom stereocenters. The molecule has 0 heterocycles. The lowest BCUT2D eigenvalue weighted by molar-refractivity contribution is -0.118. The minimum absolute atomic E-state index is 0.122. The van der Waals surface area contributed by atoms with E-state index in [-0.39, 0.29) is 22.3 Å². The van der Waals surface area contributed by atoms with Crippen molar-refractivity contribution >= 4 is 82.5 Å². The van der Waals surface area contributed by atoms with Gasteiger partial charge in [0.15, 0.2) is 0 Å². The number of hydrogen-bond acceptors (Lipinski definition) is 9. The van der Waals surface area contributed by atoms with E-state index in [4.69, 9.17) is 11.5 Å². The van der Waals surface area contributed by atoms with Gasteiger partial charge in [-0.15, -0.1) is 0 Å². The molecule has 0 bridgehead atoms. The third kappa shape index (κ3) is 31.2. The first kappa shape index (κ1) is 42.4. The topological polar surface area (TPSA) is 86.2 Å². The average molecular weight is 705 g/mol. The summed E-state index contributed by atoms with van der Waals surface area (Å²) in [5, 5.41) is -0.243. The van der Waals surface area contributed by atoms with Crippen LogP contribution in [-0.2, 0) is 9.59 Å². The van der Waals surface area contributed by atoms with Crippen LogP contribution in [0.25, 0.3) is 0 Å². The molecular weight excluding hydrogens is 645 g/mol. The number of hydrogen-bond donors (Lipinski definition) is 2. The maximum Gasteiger partial charge on any atom is 0.231 e. The van der Waals surface area contributed by atoms with Crippen molar-refractivity contribution in [1.82, 2.24) is 0 Å². The molecule has 2 amide bonds. The van der Waals surface area contributed by atoms with E-state index in [1.54, 1.807) is 70.7 Å². The Labute approximate surface area is 280 Å². The zero-order chi connectivity index (χ0) is 30.2. The van der Waals surface area contributed by atoms with E-state index in [1.165, 1.54) is 128 Å². The van der Waals surface area contributed by atoms with Gasteiger partial charge in [-0.05, 0) is 62.0 Å². The number of amides is 2. The molecule has 0 rings (SSSR count). The second-order valence-electron chi connectivity index (χ2n) is 11.0. The van der Waals surface area contributed by atoms with Crippen LogP contribution in [0.15, 0.2) is 0 Å². The fourth-order valence-electron chi connectivity index (χ4n) is 4.62. The van der Waals surface area contributed by atoms with Crippen LogP contribution in [0.4, 0.5) is 0 Å². The molecule has 41 heavy (non-hydrogen) atoms. The van der Waals surface area contributed by atoms with Crippen LogP contribution in [0.2, 0.25) is 0 Å². The number of carbonyl (C=O) groups is 2. The van der Waals surface area contributed by atoms with Gasteiger partial charge in [0.1, 0.15) is 0 Å². The Morgan fingerprint density at radius 3 is 0.927 bits per heavy atom. The number of carbonyl (C=O) groups excluding carboxylic acids is 2. The summed E-state index contributed by atoms with van der Waals surface area (Å²) in [6.07, 6.45) is 30.6. The van der Waals surface area contributed by atoms with E-state index in [0.717, 1.165) is 25.7 Å². The molecule has 4 nitrogen and oxygen atoms in total. The number of primary amides is 2. The van der Waals surface area contributed by atoms with Crippen molar-refractivity contribution in [3.63, 3.8) is 0 Å². The summed E-state index contributed by atoms with van der Waals surface area (Å²) in [7, 11) is 11.4. The minimum Gasteiger partial charge on any atom is -0.369 e. The normalized spacial score (nSPS) is 12.9. The molecule has 0 radical (unpaired) electrons. The predicted molar refractivity (Wildman–Crippen MR) is 201 cm³/mol. The maximum atomic E-state index is 11.9. The second-order valence-corrected chi connectivity index (χ2v) is 22.5. The molecule has 0 aliphatic carbocycles. The van der Waals surface area contributed by atoms with Gasteiger partial charge in [-0.25, -0.2) is 0 Å². The lowest BCUT2D eigenvalue weighted by Crippen LogP contribution is -2.24. The summed E-state index contributed by atoms with van der Waals surface area (Å²) in [5.74, 6) is -0.408. The molecule has 0 spiro atoms. The lowest BCUT2D eigenvalue weighted by Gasteiger charge is -2.12. The first-order valence-corrected chi connectivity index (χ1v) is 25.2. The zero-order valence-electron chi connectivity index (χ0n) is 26.0. The van der Waals surface area contributed by atoms with Crippen LogP contribution >= 0.6 is 70.7 Å². The molecule has 0 aromatic heterocycles. The van der Waals surface area contributed by atoms with Crippen LogP contribution in [-0.4, -0.2) is 22.3 Å². The predicted octanol–water partition coefficient (Wildman–Crippen LogP) is 12.7. The number of unbranched alkanes of at least 4 members (excludes halogenated alkanes) is 20. The van der Waals surface area contributed by atoms with Crippen molar-refractivity contribution in [3.05, 3.63) is 0 Å². The monoisotopic (exact) mass is 704 g/mol. The van der Waals surface area contributed by atoms with Gasteiger partial charge in [0, 0.05) is 0 Å². The van der Waals surface area contributed by atoms with Crippen LogP contribution in [0.1, 0.15) is 168 Å². The third-order valence-corrected chi connectivity index (χ3v) is 20.9. The molecule has 0 aliphatic rings. The molecular formula is C30H60N2O2S7. The summed E-state index contributed by atoms with van der Waals surface area (Å²) in [6.45, 7) is 4.53. The lowest BCUT2D eigenvalue weighted by atomic mass is 10.0. The van der Waals surface area contributed by atoms with Crippen molar-refractivity contribution in [2.45, 2.75) is 178 Å². The molecule has 0 aromatic carbocycles. The maximum absolute atomic E-state index is 11.9. The van der Waals surface area contributed by atoms with Crippen molar-refractivity contribution in [1.29, 1.82) is 0 Å². The molecule has 0 fully saturated rings. The molecule has 0 saturated heterocycles. The zero-order valence-corrected chi connectivity index (χ0v) is 31.7. The fraction of sp³-hybridized carbons (Fsp3) is 0.933. The molecule has 2 unspecified atom stereocenters. The Bertz CT molecular complexity index is 543. The summed E-state index contributed by atoms with van der Waals surface area (Å²) in [5.41, 5.74) is 11.3. The fourth-order valence-corrected chi connectivity index (χ4v) is 19.8. The van der Waals surface area contributed by atoms with E-state index in [2.05, 4.69) is 13.8 Å². The van der Waals surface area contributed by atoms with Crippen molar-refractivity contribution in [3.8, 4) is 0 Å². The Hall–Kier alpha value is 1.39. The van der Waals surface area contributed by atoms with Gasteiger partial charge in [-0.3, -0.25) is 9.59 Å². The van der Waals surface area contributed by atoms with Crippen molar-refractivity contribution in [2.75, 3.05) is 0 Å². The van der Waals surface area contributed by atoms with Gasteiger partial charge in [-0.1, -0.05) is 177 Å². The SMILES string of the molecule is CCCCCCCCCCCCCC(SSSSSSSC(CCCCCCCCCCCCC)C(N)=O)C(N)=O. The Kier molecular flexibility index (Phi) is 35.4. The highest BCUT2D eigenvalue weighted by Crippen LogP contribution is 2.56. The number of rotatable bonds is 34. The highest BCUT2D eigenvalue weighted by atomic mass is 33.9. The van der Waals surface area contributed by atoms with Gasteiger partial charge in [-0.2, -0.15) is 0 Å². The molecule has 11 heteroatoms. The largest absolute Gasteiger partial charge is 0.369 e. The molecule has 0 aliphatic heterocycles. The van der Waals surface area contributed by atoms with E-state index in [9.17, 15) is 9.59 Å². The molecule has 4 N–H and O–H groups in total. The van der Waals surface area contributed by atoms with Gasteiger partial charge in [0.25, 0.3) is 0 Å².